The Kier molecular flexibility index (Phi) is 3.11. The molecule has 2 unspecified atom stereocenters. The summed E-state index contributed by atoms with van der Waals surface area (Å²) >= 11 is 0. The van der Waals surface area contributed by atoms with Crippen LogP contribution < -0.4 is 5.73 Å². The third-order valence-corrected chi connectivity index (χ3v) is 4.32. The van der Waals surface area contributed by atoms with Crippen molar-refractivity contribution in [2.24, 2.45) is 5.73 Å². The minimum atomic E-state index is 0.226. The molecule has 0 aliphatic carbocycles. The third-order valence-electron chi connectivity index (χ3n) is 4.32. The lowest BCUT2D eigenvalue weighted by Crippen LogP contribution is -2.47. The number of ether oxygens (including phenoxy) is 1. The fraction of sp³-hybridized carbons (Fsp3) is 0.846. The smallest absolute Gasteiger partial charge is 0.0623 e. The van der Waals surface area contributed by atoms with Crippen molar-refractivity contribution in [3.63, 3.8) is 0 Å². The molecule has 0 aromatic carbocycles. The van der Waals surface area contributed by atoms with Gasteiger partial charge in [-0.15, -0.1) is 0 Å². The van der Waals surface area contributed by atoms with Gasteiger partial charge < -0.3 is 15.4 Å². The van der Waals surface area contributed by atoms with Crippen LogP contribution in [0.1, 0.15) is 19.3 Å². The molecule has 0 radical (unpaired) electrons. The first kappa shape index (κ1) is 11.5. The molecular weight excluding hydrogens is 214 g/mol. The van der Waals surface area contributed by atoms with Gasteiger partial charge in [-0.3, -0.25) is 4.90 Å². The summed E-state index contributed by atoms with van der Waals surface area (Å²) in [5.41, 5.74) is 9.21. The lowest BCUT2D eigenvalue weighted by Gasteiger charge is -2.34. The van der Waals surface area contributed by atoms with Gasteiger partial charge in [-0.25, -0.2) is 0 Å². The van der Waals surface area contributed by atoms with E-state index in [0.29, 0.717) is 6.04 Å². The molecule has 3 rings (SSSR count). The van der Waals surface area contributed by atoms with Crippen LogP contribution >= 0.6 is 0 Å². The van der Waals surface area contributed by atoms with E-state index in [4.69, 9.17) is 10.5 Å². The SMILES string of the molecule is CN1CCCC2=C1CN(C1COCC(N)C1)C2. The first-order valence-electron chi connectivity index (χ1n) is 6.73. The lowest BCUT2D eigenvalue weighted by molar-refractivity contribution is 0.0155. The van der Waals surface area contributed by atoms with Gasteiger partial charge in [0.25, 0.3) is 0 Å². The molecule has 2 atom stereocenters. The Labute approximate surface area is 103 Å². The highest BCUT2D eigenvalue weighted by Crippen LogP contribution is 2.30. The second-order valence-electron chi connectivity index (χ2n) is 5.67. The van der Waals surface area contributed by atoms with Crippen LogP contribution in [0.25, 0.3) is 0 Å². The molecule has 1 fully saturated rings. The Balaban J connectivity index is 1.65. The van der Waals surface area contributed by atoms with Crippen molar-refractivity contribution in [1.82, 2.24) is 9.80 Å². The van der Waals surface area contributed by atoms with Crippen LogP contribution in [0.2, 0.25) is 0 Å². The van der Waals surface area contributed by atoms with Gasteiger partial charge >= 0.3 is 0 Å². The summed E-state index contributed by atoms with van der Waals surface area (Å²) in [6.07, 6.45) is 3.68. The van der Waals surface area contributed by atoms with Crippen LogP contribution in [0, 0.1) is 0 Å². The molecule has 4 nitrogen and oxygen atoms in total. The summed E-state index contributed by atoms with van der Waals surface area (Å²) < 4.78 is 5.59. The summed E-state index contributed by atoms with van der Waals surface area (Å²) in [4.78, 5) is 4.99. The van der Waals surface area contributed by atoms with E-state index in [0.717, 1.165) is 32.7 Å². The molecule has 1 saturated heterocycles. The fourth-order valence-corrected chi connectivity index (χ4v) is 3.33. The average molecular weight is 237 g/mol. The lowest BCUT2D eigenvalue weighted by atomic mass is 10.0. The van der Waals surface area contributed by atoms with Crippen molar-refractivity contribution in [2.75, 3.05) is 39.9 Å². The van der Waals surface area contributed by atoms with Crippen LogP contribution in [0.15, 0.2) is 11.3 Å². The number of hydrogen-bond acceptors (Lipinski definition) is 4. The number of rotatable bonds is 1. The molecule has 3 aliphatic heterocycles. The molecule has 0 aromatic rings. The number of nitrogens with zero attached hydrogens (tertiary/aromatic N) is 2. The van der Waals surface area contributed by atoms with E-state index in [2.05, 4.69) is 16.8 Å². The Morgan fingerprint density at radius 3 is 2.94 bits per heavy atom. The van der Waals surface area contributed by atoms with E-state index >= 15 is 0 Å². The molecule has 0 saturated carbocycles. The van der Waals surface area contributed by atoms with E-state index in [1.165, 1.54) is 19.4 Å². The summed E-state index contributed by atoms with van der Waals surface area (Å²) in [7, 11) is 2.22. The largest absolute Gasteiger partial charge is 0.378 e. The summed E-state index contributed by atoms with van der Waals surface area (Å²) in [5.74, 6) is 0. The molecule has 96 valence electrons. The zero-order chi connectivity index (χ0) is 11.8. The van der Waals surface area contributed by atoms with Crippen LogP contribution in [-0.4, -0.2) is 61.8 Å². The molecule has 0 spiro atoms. The minimum absolute atomic E-state index is 0.226. The van der Waals surface area contributed by atoms with Gasteiger partial charge in [0.05, 0.1) is 13.2 Å². The van der Waals surface area contributed by atoms with Crippen molar-refractivity contribution in [3.05, 3.63) is 11.3 Å². The van der Waals surface area contributed by atoms with Gasteiger partial charge in [-0.2, -0.15) is 0 Å². The van der Waals surface area contributed by atoms with Gasteiger partial charge in [0.1, 0.15) is 0 Å². The van der Waals surface area contributed by atoms with Gasteiger partial charge in [0, 0.05) is 44.5 Å². The van der Waals surface area contributed by atoms with Crippen molar-refractivity contribution in [2.45, 2.75) is 31.3 Å². The normalized spacial score (nSPS) is 35.3. The van der Waals surface area contributed by atoms with E-state index in [1.807, 2.05) is 0 Å². The minimum Gasteiger partial charge on any atom is -0.378 e. The Hall–Kier alpha value is -0.580. The first-order valence-corrected chi connectivity index (χ1v) is 6.73. The Morgan fingerprint density at radius 2 is 2.18 bits per heavy atom. The van der Waals surface area contributed by atoms with E-state index in [9.17, 15) is 0 Å². The van der Waals surface area contributed by atoms with Crippen LogP contribution in [0.4, 0.5) is 0 Å². The second kappa shape index (κ2) is 4.59. The van der Waals surface area contributed by atoms with E-state index in [-0.39, 0.29) is 6.04 Å². The molecule has 2 N–H and O–H groups in total. The maximum absolute atomic E-state index is 5.99. The number of hydrogen-bond donors (Lipinski definition) is 1. The van der Waals surface area contributed by atoms with Crippen molar-refractivity contribution in [1.29, 1.82) is 0 Å². The number of likely N-dealkylation sites (N-methyl/N-ethyl adjacent to an activating group) is 1. The van der Waals surface area contributed by atoms with Gasteiger partial charge in [0.15, 0.2) is 0 Å². The summed E-state index contributed by atoms with van der Waals surface area (Å²) in [5, 5.41) is 0. The molecule has 17 heavy (non-hydrogen) atoms. The van der Waals surface area contributed by atoms with Crippen LogP contribution in [0.3, 0.4) is 0 Å². The van der Waals surface area contributed by atoms with Crippen molar-refractivity contribution >= 4 is 0 Å². The van der Waals surface area contributed by atoms with Gasteiger partial charge in [-0.1, -0.05) is 0 Å². The van der Waals surface area contributed by atoms with E-state index in [1.54, 1.807) is 11.3 Å². The Bertz CT molecular complexity index is 329. The maximum Gasteiger partial charge on any atom is 0.0623 e. The molecular formula is C13H23N3O. The zero-order valence-corrected chi connectivity index (χ0v) is 10.7. The topological polar surface area (TPSA) is 41.7 Å². The molecule has 0 aromatic heterocycles. The number of nitrogens with two attached hydrogens (primary N) is 1. The molecule has 3 aliphatic rings. The highest BCUT2D eigenvalue weighted by atomic mass is 16.5. The quantitative estimate of drug-likeness (QED) is 0.717. The van der Waals surface area contributed by atoms with Crippen LogP contribution in [0.5, 0.6) is 0 Å². The third kappa shape index (κ3) is 2.21. The maximum atomic E-state index is 5.99. The van der Waals surface area contributed by atoms with Gasteiger partial charge in [-0.05, 0) is 24.8 Å². The first-order chi connectivity index (χ1) is 8.24. The predicted molar refractivity (Wildman–Crippen MR) is 67.7 cm³/mol. The molecule has 0 bridgehead atoms. The predicted octanol–water partition coefficient (Wildman–Crippen LogP) is 0.398. The average Bonchev–Trinajstić information content (AvgIpc) is 2.74. The highest BCUT2D eigenvalue weighted by molar-refractivity contribution is 5.24. The van der Waals surface area contributed by atoms with E-state index < -0.39 is 0 Å². The summed E-state index contributed by atoms with van der Waals surface area (Å²) in [6.45, 7) is 5.05. The fourth-order valence-electron chi connectivity index (χ4n) is 3.33. The Morgan fingerprint density at radius 1 is 1.29 bits per heavy atom. The van der Waals surface area contributed by atoms with Gasteiger partial charge in [0.2, 0.25) is 0 Å². The monoisotopic (exact) mass is 237 g/mol. The second-order valence-corrected chi connectivity index (χ2v) is 5.67. The van der Waals surface area contributed by atoms with Crippen LogP contribution in [-0.2, 0) is 4.74 Å². The summed E-state index contributed by atoms with van der Waals surface area (Å²) in [6, 6.07) is 0.752. The zero-order valence-electron chi connectivity index (χ0n) is 10.7. The molecule has 0 amide bonds. The van der Waals surface area contributed by atoms with Crippen molar-refractivity contribution < 1.29 is 4.74 Å². The molecule has 3 heterocycles. The highest BCUT2D eigenvalue weighted by Gasteiger charge is 2.33. The van der Waals surface area contributed by atoms with Crippen molar-refractivity contribution in [3.8, 4) is 0 Å². The molecule has 4 heteroatoms. The standard InChI is InChI=1S/C13H23N3O/c1-15-4-2-3-10-6-16(7-13(10)15)12-5-11(14)8-17-9-12/h11-12H,2-9,14H2,1H3.